The van der Waals surface area contributed by atoms with Gasteiger partial charge in [0, 0.05) is 16.7 Å². The summed E-state index contributed by atoms with van der Waals surface area (Å²) in [5.41, 5.74) is 1.06. The van der Waals surface area contributed by atoms with E-state index in [1.165, 1.54) is 13.2 Å². The molecule has 6 heteroatoms. The van der Waals surface area contributed by atoms with Crippen LogP contribution in [0, 0.1) is 0 Å². The fourth-order valence-corrected chi connectivity index (χ4v) is 2.12. The highest BCUT2D eigenvalue weighted by Gasteiger charge is 2.21. The summed E-state index contributed by atoms with van der Waals surface area (Å²) in [6.45, 7) is 1.80. The van der Waals surface area contributed by atoms with E-state index in [4.69, 9.17) is 16.3 Å². The Balaban J connectivity index is 2.48. The van der Waals surface area contributed by atoms with Gasteiger partial charge in [-0.25, -0.2) is 9.48 Å². The molecular formula is C15H15ClN2O3. The largest absolute Gasteiger partial charge is 0.467 e. The van der Waals surface area contributed by atoms with E-state index in [-0.39, 0.29) is 5.56 Å². The van der Waals surface area contributed by atoms with Crippen LogP contribution in [-0.4, -0.2) is 22.9 Å². The highest BCUT2D eigenvalue weighted by Crippen LogP contribution is 2.19. The fraction of sp³-hybridized carbons (Fsp3) is 0.267. The van der Waals surface area contributed by atoms with Crippen LogP contribution in [0.5, 0.6) is 0 Å². The summed E-state index contributed by atoms with van der Waals surface area (Å²) in [5, 5.41) is 4.89. The van der Waals surface area contributed by atoms with Crippen LogP contribution in [0.2, 0.25) is 5.02 Å². The highest BCUT2D eigenvalue weighted by molar-refractivity contribution is 6.30. The first kappa shape index (κ1) is 15.3. The Kier molecular flexibility index (Phi) is 4.75. The summed E-state index contributed by atoms with van der Waals surface area (Å²) in [5.74, 6) is -0.486. The lowest BCUT2D eigenvalue weighted by atomic mass is 10.1. The molecule has 0 aliphatic carbocycles. The number of esters is 1. The van der Waals surface area contributed by atoms with Gasteiger partial charge in [0.15, 0.2) is 6.04 Å². The zero-order valence-electron chi connectivity index (χ0n) is 11.7. The lowest BCUT2D eigenvalue weighted by Crippen LogP contribution is -2.32. The van der Waals surface area contributed by atoms with Crippen LogP contribution in [0.15, 0.2) is 41.2 Å². The van der Waals surface area contributed by atoms with Crippen LogP contribution in [0.3, 0.4) is 0 Å². The van der Waals surface area contributed by atoms with Crippen molar-refractivity contribution in [2.45, 2.75) is 19.4 Å². The zero-order chi connectivity index (χ0) is 15.4. The molecule has 0 spiro atoms. The summed E-state index contributed by atoms with van der Waals surface area (Å²) in [6.07, 6.45) is 0.420. The Morgan fingerprint density at radius 2 is 1.95 bits per heavy atom. The lowest BCUT2D eigenvalue weighted by Gasteiger charge is -2.15. The molecule has 0 fully saturated rings. The van der Waals surface area contributed by atoms with Crippen LogP contribution in [0.4, 0.5) is 0 Å². The maximum absolute atomic E-state index is 11.9. The second kappa shape index (κ2) is 6.54. The average Bonchev–Trinajstić information content (AvgIpc) is 2.50. The Morgan fingerprint density at radius 3 is 2.52 bits per heavy atom. The zero-order valence-corrected chi connectivity index (χ0v) is 12.5. The molecule has 0 amide bonds. The molecule has 2 aromatic rings. The maximum Gasteiger partial charge on any atom is 0.330 e. The minimum absolute atomic E-state index is 0.343. The summed E-state index contributed by atoms with van der Waals surface area (Å²) in [7, 11) is 1.29. The molecule has 2 rings (SSSR count). The number of rotatable bonds is 4. The van der Waals surface area contributed by atoms with Gasteiger partial charge in [-0.3, -0.25) is 4.79 Å². The van der Waals surface area contributed by atoms with Crippen molar-refractivity contribution in [3.8, 4) is 11.3 Å². The van der Waals surface area contributed by atoms with E-state index in [1.807, 2.05) is 0 Å². The molecule has 0 bridgehead atoms. The molecule has 0 saturated heterocycles. The van der Waals surface area contributed by atoms with Crippen molar-refractivity contribution < 1.29 is 9.53 Å². The van der Waals surface area contributed by atoms with Gasteiger partial charge in [-0.05, 0) is 24.6 Å². The molecule has 1 heterocycles. The number of aromatic nitrogens is 2. The third-order valence-electron chi connectivity index (χ3n) is 3.12. The molecular weight excluding hydrogens is 292 g/mol. The van der Waals surface area contributed by atoms with E-state index < -0.39 is 12.0 Å². The predicted molar refractivity (Wildman–Crippen MR) is 80.3 cm³/mol. The van der Waals surface area contributed by atoms with Gasteiger partial charge in [0.1, 0.15) is 0 Å². The first-order valence-corrected chi connectivity index (χ1v) is 6.88. The number of methoxy groups -OCH3 is 1. The van der Waals surface area contributed by atoms with Gasteiger partial charge >= 0.3 is 5.97 Å². The molecule has 21 heavy (non-hydrogen) atoms. The molecule has 0 saturated carbocycles. The van der Waals surface area contributed by atoms with Crippen LogP contribution in [0.1, 0.15) is 19.4 Å². The number of halogens is 1. The van der Waals surface area contributed by atoms with Crippen LogP contribution < -0.4 is 5.56 Å². The molecule has 1 atom stereocenters. The summed E-state index contributed by atoms with van der Waals surface area (Å²) in [6, 6.07) is 9.37. The van der Waals surface area contributed by atoms with Gasteiger partial charge in [-0.2, -0.15) is 5.10 Å². The monoisotopic (exact) mass is 306 g/mol. The molecule has 0 N–H and O–H groups in total. The SMILES string of the molecule is CC[C@H](C(=O)OC)n1nc(-c2ccc(Cl)cc2)ccc1=O. The smallest absolute Gasteiger partial charge is 0.330 e. The summed E-state index contributed by atoms with van der Waals surface area (Å²) < 4.78 is 5.88. The lowest BCUT2D eigenvalue weighted by molar-refractivity contribution is -0.145. The summed E-state index contributed by atoms with van der Waals surface area (Å²) in [4.78, 5) is 23.7. The third-order valence-corrected chi connectivity index (χ3v) is 3.37. The molecule has 1 aromatic heterocycles. The topological polar surface area (TPSA) is 61.2 Å². The second-order valence-corrected chi connectivity index (χ2v) is 4.89. The first-order valence-electron chi connectivity index (χ1n) is 6.50. The predicted octanol–water partition coefficient (Wildman–Crippen LogP) is 2.69. The molecule has 110 valence electrons. The number of carbonyl (C=O) groups excluding carboxylic acids is 1. The molecule has 0 unspecified atom stereocenters. The summed E-state index contributed by atoms with van der Waals surface area (Å²) >= 11 is 5.85. The standard InChI is InChI=1S/C15H15ClN2O3/c1-3-13(15(20)21-2)18-14(19)9-8-12(17-18)10-4-6-11(16)7-5-10/h4-9,13H,3H2,1-2H3/t13-/m1/s1. The van der Waals surface area contributed by atoms with E-state index in [2.05, 4.69) is 5.10 Å². The van der Waals surface area contributed by atoms with Crippen molar-refractivity contribution in [2.75, 3.05) is 7.11 Å². The van der Waals surface area contributed by atoms with Crippen molar-refractivity contribution in [1.82, 2.24) is 9.78 Å². The van der Waals surface area contributed by atoms with E-state index in [9.17, 15) is 9.59 Å². The van der Waals surface area contributed by atoms with Crippen molar-refractivity contribution >= 4 is 17.6 Å². The van der Waals surface area contributed by atoms with Crippen LogP contribution in [0.25, 0.3) is 11.3 Å². The Labute approximate surface area is 127 Å². The van der Waals surface area contributed by atoms with Gasteiger partial charge in [-0.15, -0.1) is 0 Å². The van der Waals surface area contributed by atoms with E-state index in [1.54, 1.807) is 37.3 Å². The van der Waals surface area contributed by atoms with Crippen molar-refractivity contribution in [2.24, 2.45) is 0 Å². The average molecular weight is 307 g/mol. The molecule has 1 aromatic carbocycles. The first-order chi connectivity index (χ1) is 10.1. The molecule has 5 nitrogen and oxygen atoms in total. The van der Waals surface area contributed by atoms with Crippen LogP contribution >= 0.6 is 11.6 Å². The Morgan fingerprint density at radius 1 is 1.29 bits per heavy atom. The van der Waals surface area contributed by atoms with E-state index >= 15 is 0 Å². The van der Waals surface area contributed by atoms with Crippen molar-refractivity contribution in [1.29, 1.82) is 0 Å². The van der Waals surface area contributed by atoms with E-state index in [0.717, 1.165) is 10.2 Å². The van der Waals surface area contributed by atoms with Crippen molar-refractivity contribution in [3.05, 3.63) is 51.8 Å². The molecule has 0 aliphatic heterocycles. The van der Waals surface area contributed by atoms with Gasteiger partial charge in [0.2, 0.25) is 0 Å². The minimum atomic E-state index is -0.727. The number of carbonyl (C=O) groups is 1. The van der Waals surface area contributed by atoms with Gasteiger partial charge in [-0.1, -0.05) is 30.7 Å². The molecule has 0 aliphatic rings. The number of benzene rings is 1. The van der Waals surface area contributed by atoms with Gasteiger partial charge in [0.05, 0.1) is 12.8 Å². The number of nitrogens with zero attached hydrogens (tertiary/aromatic N) is 2. The quantitative estimate of drug-likeness (QED) is 0.815. The molecule has 0 radical (unpaired) electrons. The maximum atomic E-state index is 11.9. The minimum Gasteiger partial charge on any atom is -0.467 e. The van der Waals surface area contributed by atoms with Gasteiger partial charge in [0.25, 0.3) is 5.56 Å². The third kappa shape index (κ3) is 3.31. The second-order valence-electron chi connectivity index (χ2n) is 4.46. The van der Waals surface area contributed by atoms with Crippen molar-refractivity contribution in [3.63, 3.8) is 0 Å². The Bertz CT molecular complexity index is 695. The van der Waals surface area contributed by atoms with Gasteiger partial charge < -0.3 is 4.74 Å². The van der Waals surface area contributed by atoms with Crippen LogP contribution in [-0.2, 0) is 9.53 Å². The number of hydrogen-bond acceptors (Lipinski definition) is 4. The van der Waals surface area contributed by atoms with E-state index in [0.29, 0.717) is 17.1 Å². The fourth-order valence-electron chi connectivity index (χ4n) is 2.00. The normalized spacial score (nSPS) is 12.0. The highest BCUT2D eigenvalue weighted by atomic mass is 35.5. The number of ether oxygens (including phenoxy) is 1. The number of hydrogen-bond donors (Lipinski definition) is 0. The Hall–Kier alpha value is -2.14.